The lowest BCUT2D eigenvalue weighted by molar-refractivity contribution is -0.116. The number of amides is 1. The van der Waals surface area contributed by atoms with Crippen molar-refractivity contribution in [2.24, 2.45) is 0 Å². The smallest absolute Gasteiger partial charge is 0.256 e. The van der Waals surface area contributed by atoms with Gasteiger partial charge in [0.15, 0.2) is 0 Å². The number of para-hydroxylation sites is 1. The Morgan fingerprint density at radius 2 is 2.00 bits per heavy atom. The summed E-state index contributed by atoms with van der Waals surface area (Å²) in [6, 6.07) is 11.0. The molecule has 31 heavy (non-hydrogen) atoms. The second kappa shape index (κ2) is 8.70. The molecule has 0 aliphatic carbocycles. The number of pyridine rings is 1. The summed E-state index contributed by atoms with van der Waals surface area (Å²) in [5.41, 5.74) is 3.12. The summed E-state index contributed by atoms with van der Waals surface area (Å²) in [6.45, 7) is 3.32. The van der Waals surface area contributed by atoms with Gasteiger partial charge in [0.2, 0.25) is 17.6 Å². The van der Waals surface area contributed by atoms with Crippen LogP contribution in [0.4, 0.5) is 5.69 Å². The van der Waals surface area contributed by atoms with Gasteiger partial charge in [-0.2, -0.15) is 4.98 Å². The fraction of sp³-hybridized carbons (Fsp3) is 0.182. The monoisotopic (exact) mass is 416 g/mol. The Morgan fingerprint density at radius 1 is 1.16 bits per heavy atom. The molecule has 0 aliphatic rings. The first-order chi connectivity index (χ1) is 15.0. The molecule has 0 spiro atoms. The van der Waals surface area contributed by atoms with Crippen LogP contribution in [-0.2, 0) is 17.8 Å². The van der Waals surface area contributed by atoms with Crippen molar-refractivity contribution in [2.75, 3.05) is 5.32 Å². The van der Waals surface area contributed by atoms with Crippen LogP contribution in [-0.4, -0.2) is 30.6 Å². The van der Waals surface area contributed by atoms with Gasteiger partial charge >= 0.3 is 0 Å². The lowest BCUT2D eigenvalue weighted by Crippen LogP contribution is -2.29. The number of hydrogen-bond acceptors (Lipinski definition) is 7. The molecule has 0 radical (unpaired) electrons. The van der Waals surface area contributed by atoms with Crippen LogP contribution >= 0.6 is 0 Å². The molecule has 1 aromatic carbocycles. The number of anilines is 1. The molecular formula is C22H20N6O3. The van der Waals surface area contributed by atoms with Gasteiger partial charge in [-0.05, 0) is 37.6 Å². The SMILES string of the molecule is Cc1ncn(CC(=O)Nc2ccccc2Cc2nc(-c3cccnc3)no2)c(=O)c1C. The molecule has 3 aromatic heterocycles. The number of carbonyl (C=O) groups excluding carboxylic acids is 1. The molecule has 9 heteroatoms. The molecule has 3 heterocycles. The normalized spacial score (nSPS) is 10.8. The van der Waals surface area contributed by atoms with E-state index < -0.39 is 0 Å². The molecule has 0 unspecified atom stereocenters. The Hall–Kier alpha value is -4.14. The van der Waals surface area contributed by atoms with Crippen molar-refractivity contribution in [3.05, 3.63) is 88.2 Å². The van der Waals surface area contributed by atoms with Crippen molar-refractivity contribution in [2.45, 2.75) is 26.8 Å². The molecule has 0 fully saturated rings. The number of aromatic nitrogens is 5. The molecular weight excluding hydrogens is 396 g/mol. The van der Waals surface area contributed by atoms with Gasteiger partial charge in [-0.1, -0.05) is 23.4 Å². The van der Waals surface area contributed by atoms with Gasteiger partial charge in [0.1, 0.15) is 6.54 Å². The standard InChI is InChI=1S/C22H20N6O3/c1-14-15(2)24-13-28(22(14)30)12-19(29)25-18-8-4-3-6-16(18)10-20-26-21(27-31-20)17-7-5-9-23-11-17/h3-9,11,13H,10,12H2,1-2H3,(H,25,29). The summed E-state index contributed by atoms with van der Waals surface area (Å²) in [5.74, 6) is 0.530. The molecule has 0 saturated heterocycles. The third-order valence-electron chi connectivity index (χ3n) is 4.85. The molecule has 0 aliphatic heterocycles. The molecule has 1 amide bonds. The van der Waals surface area contributed by atoms with E-state index in [1.54, 1.807) is 38.4 Å². The first kappa shape index (κ1) is 20.1. The highest BCUT2D eigenvalue weighted by Crippen LogP contribution is 2.20. The van der Waals surface area contributed by atoms with Crippen molar-refractivity contribution in [3.63, 3.8) is 0 Å². The zero-order valence-corrected chi connectivity index (χ0v) is 17.1. The van der Waals surface area contributed by atoms with Gasteiger partial charge in [0, 0.05) is 34.9 Å². The predicted molar refractivity (Wildman–Crippen MR) is 113 cm³/mol. The van der Waals surface area contributed by atoms with E-state index in [1.807, 2.05) is 24.3 Å². The third-order valence-corrected chi connectivity index (χ3v) is 4.85. The second-order valence-corrected chi connectivity index (χ2v) is 7.02. The largest absolute Gasteiger partial charge is 0.339 e. The van der Waals surface area contributed by atoms with E-state index in [2.05, 4.69) is 25.4 Å². The number of benzene rings is 1. The number of nitrogens with one attached hydrogen (secondary N) is 1. The minimum absolute atomic E-state index is 0.132. The molecule has 0 saturated carbocycles. The quantitative estimate of drug-likeness (QED) is 0.513. The Morgan fingerprint density at radius 3 is 2.81 bits per heavy atom. The maximum Gasteiger partial charge on any atom is 0.256 e. The topological polar surface area (TPSA) is 116 Å². The first-order valence-electron chi connectivity index (χ1n) is 9.64. The summed E-state index contributed by atoms with van der Waals surface area (Å²) in [6.07, 6.45) is 5.06. The lowest BCUT2D eigenvalue weighted by Gasteiger charge is -2.11. The van der Waals surface area contributed by atoms with Crippen LogP contribution < -0.4 is 10.9 Å². The maximum atomic E-state index is 12.6. The molecule has 0 bridgehead atoms. The van der Waals surface area contributed by atoms with E-state index in [0.717, 1.165) is 11.1 Å². The molecule has 4 rings (SSSR count). The summed E-state index contributed by atoms with van der Waals surface area (Å²) in [7, 11) is 0. The van der Waals surface area contributed by atoms with Crippen molar-refractivity contribution in [3.8, 4) is 11.4 Å². The second-order valence-electron chi connectivity index (χ2n) is 7.02. The van der Waals surface area contributed by atoms with E-state index in [1.165, 1.54) is 10.9 Å². The van der Waals surface area contributed by atoms with Crippen LogP contribution in [0, 0.1) is 13.8 Å². The first-order valence-corrected chi connectivity index (χ1v) is 9.64. The zero-order chi connectivity index (χ0) is 21.8. The van der Waals surface area contributed by atoms with Gasteiger partial charge in [-0.25, -0.2) is 4.98 Å². The number of hydrogen-bond donors (Lipinski definition) is 1. The van der Waals surface area contributed by atoms with Crippen LogP contribution in [0.3, 0.4) is 0 Å². The van der Waals surface area contributed by atoms with Crippen LogP contribution in [0.15, 0.2) is 64.4 Å². The molecule has 0 atom stereocenters. The van der Waals surface area contributed by atoms with Gasteiger partial charge < -0.3 is 9.84 Å². The van der Waals surface area contributed by atoms with Crippen molar-refractivity contribution >= 4 is 11.6 Å². The minimum atomic E-state index is -0.332. The Balaban J connectivity index is 1.49. The number of nitrogens with zero attached hydrogens (tertiary/aromatic N) is 5. The molecule has 9 nitrogen and oxygen atoms in total. The Bertz CT molecular complexity index is 1280. The number of carbonyl (C=O) groups is 1. The van der Waals surface area contributed by atoms with Crippen molar-refractivity contribution in [1.29, 1.82) is 0 Å². The van der Waals surface area contributed by atoms with Crippen LogP contribution in [0.1, 0.15) is 22.7 Å². The van der Waals surface area contributed by atoms with E-state index in [0.29, 0.717) is 35.1 Å². The van der Waals surface area contributed by atoms with E-state index in [9.17, 15) is 9.59 Å². The predicted octanol–water partition coefficient (Wildman–Crippen LogP) is 2.53. The molecule has 1 N–H and O–H groups in total. The highest BCUT2D eigenvalue weighted by Gasteiger charge is 2.14. The van der Waals surface area contributed by atoms with Crippen LogP contribution in [0.25, 0.3) is 11.4 Å². The van der Waals surface area contributed by atoms with E-state index >= 15 is 0 Å². The summed E-state index contributed by atoms with van der Waals surface area (Å²) < 4.78 is 6.65. The maximum absolute atomic E-state index is 12.6. The highest BCUT2D eigenvalue weighted by molar-refractivity contribution is 5.91. The van der Waals surface area contributed by atoms with Crippen LogP contribution in [0.2, 0.25) is 0 Å². The zero-order valence-electron chi connectivity index (χ0n) is 17.1. The fourth-order valence-electron chi connectivity index (χ4n) is 3.03. The van der Waals surface area contributed by atoms with E-state index in [4.69, 9.17) is 4.52 Å². The van der Waals surface area contributed by atoms with Crippen molar-refractivity contribution in [1.82, 2.24) is 24.7 Å². The highest BCUT2D eigenvalue weighted by atomic mass is 16.5. The summed E-state index contributed by atoms with van der Waals surface area (Å²) in [4.78, 5) is 37.5. The number of rotatable bonds is 6. The molecule has 4 aromatic rings. The van der Waals surface area contributed by atoms with Gasteiger partial charge in [0.05, 0.1) is 12.7 Å². The van der Waals surface area contributed by atoms with Gasteiger partial charge in [-0.15, -0.1) is 0 Å². The van der Waals surface area contributed by atoms with Gasteiger partial charge in [-0.3, -0.25) is 19.1 Å². The molecule has 156 valence electrons. The Labute approximate surface area is 177 Å². The van der Waals surface area contributed by atoms with Crippen LogP contribution in [0.5, 0.6) is 0 Å². The minimum Gasteiger partial charge on any atom is -0.339 e. The lowest BCUT2D eigenvalue weighted by atomic mass is 10.1. The van der Waals surface area contributed by atoms with E-state index in [-0.39, 0.29) is 18.0 Å². The van der Waals surface area contributed by atoms with Crippen molar-refractivity contribution < 1.29 is 9.32 Å². The summed E-state index contributed by atoms with van der Waals surface area (Å²) >= 11 is 0. The third kappa shape index (κ3) is 4.55. The Kier molecular flexibility index (Phi) is 5.65. The number of aryl methyl sites for hydroxylation is 1. The average molecular weight is 416 g/mol. The van der Waals surface area contributed by atoms with Gasteiger partial charge in [0.25, 0.3) is 5.56 Å². The summed E-state index contributed by atoms with van der Waals surface area (Å²) in [5, 5.41) is 6.85. The fourth-order valence-corrected chi connectivity index (χ4v) is 3.03. The average Bonchev–Trinajstić information content (AvgIpc) is 3.25.